The molecule has 2 N–H and O–H groups in total. The number of ether oxygens (including phenoxy) is 1. The molecule has 1 fully saturated rings. The monoisotopic (exact) mass is 320 g/mol. The zero-order chi connectivity index (χ0) is 16.1. The molecule has 5 nitrogen and oxygen atoms in total. The number of amides is 2. The summed E-state index contributed by atoms with van der Waals surface area (Å²) in [6.45, 7) is 5.78. The van der Waals surface area contributed by atoms with Crippen LogP contribution in [0, 0.1) is 5.92 Å². The molecule has 116 valence electrons. The first-order chi connectivity index (χ1) is 10.5. The van der Waals surface area contributed by atoms with Gasteiger partial charge >= 0.3 is 12.0 Å². The number of rotatable bonds is 4. The molecule has 1 aromatic rings. The Kier molecular flexibility index (Phi) is 5.22. The van der Waals surface area contributed by atoms with Gasteiger partial charge in [-0.3, -0.25) is 4.79 Å². The van der Waals surface area contributed by atoms with E-state index in [1.165, 1.54) is 0 Å². The maximum atomic E-state index is 12.3. The zero-order valence-electron chi connectivity index (χ0n) is 12.1. The molecule has 0 aromatic heterocycles. The van der Waals surface area contributed by atoms with Crippen LogP contribution in [0.4, 0.5) is 4.79 Å². The second kappa shape index (κ2) is 7.13. The molecule has 2 amide bonds. The zero-order valence-corrected chi connectivity index (χ0v) is 12.9. The number of hydrogen-bond acceptors (Lipinski definition) is 3. The van der Waals surface area contributed by atoms with E-state index in [-0.39, 0.29) is 6.61 Å². The third-order valence-corrected chi connectivity index (χ3v) is 3.52. The molecule has 2 rings (SSSR count). The van der Waals surface area contributed by atoms with Gasteiger partial charge in [0.1, 0.15) is 12.5 Å². The highest BCUT2D eigenvalue weighted by atomic mass is 35.5. The second-order valence-electron chi connectivity index (χ2n) is 4.83. The Morgan fingerprint density at radius 1 is 1.50 bits per heavy atom. The van der Waals surface area contributed by atoms with Crippen molar-refractivity contribution in [3.05, 3.63) is 59.3 Å². The molecule has 0 saturated carbocycles. The first kappa shape index (κ1) is 16.1. The van der Waals surface area contributed by atoms with E-state index in [2.05, 4.69) is 17.2 Å². The average Bonchev–Trinajstić information content (AvgIpc) is 2.46. The summed E-state index contributed by atoms with van der Waals surface area (Å²) < 4.78 is 5.20. The maximum Gasteiger partial charge on any atom is 0.319 e. The Hall–Kier alpha value is -2.27. The summed E-state index contributed by atoms with van der Waals surface area (Å²) in [5.74, 6) is -1.18. The molecule has 0 aliphatic carbocycles. The van der Waals surface area contributed by atoms with Gasteiger partial charge in [-0.1, -0.05) is 42.5 Å². The van der Waals surface area contributed by atoms with E-state index in [4.69, 9.17) is 16.3 Å². The Labute approximate surface area is 134 Å². The normalized spacial score (nSPS) is 21.4. The third kappa shape index (κ3) is 3.68. The Morgan fingerprint density at radius 3 is 2.95 bits per heavy atom. The van der Waals surface area contributed by atoms with Gasteiger partial charge in [0, 0.05) is 10.7 Å². The van der Waals surface area contributed by atoms with Gasteiger partial charge in [-0.15, -0.1) is 0 Å². The second-order valence-corrected chi connectivity index (χ2v) is 5.27. The maximum absolute atomic E-state index is 12.3. The quantitative estimate of drug-likeness (QED) is 0.662. The van der Waals surface area contributed by atoms with Gasteiger partial charge in [0.25, 0.3) is 0 Å². The number of allylic oxidation sites excluding steroid dienone is 1. The van der Waals surface area contributed by atoms with Gasteiger partial charge in [-0.25, -0.2) is 4.79 Å². The number of esters is 1. The molecule has 0 unspecified atom stereocenters. The number of urea groups is 1. The molecule has 1 aliphatic rings. The summed E-state index contributed by atoms with van der Waals surface area (Å²) in [6, 6.07) is 6.00. The average molecular weight is 321 g/mol. The highest BCUT2D eigenvalue weighted by Crippen LogP contribution is 2.31. The highest BCUT2D eigenvalue weighted by Gasteiger charge is 2.38. The molecule has 0 bridgehead atoms. The van der Waals surface area contributed by atoms with E-state index in [0.717, 1.165) is 5.56 Å². The topological polar surface area (TPSA) is 67.4 Å². The van der Waals surface area contributed by atoms with Crippen LogP contribution in [0.25, 0.3) is 0 Å². The van der Waals surface area contributed by atoms with Crippen molar-refractivity contribution < 1.29 is 14.3 Å². The minimum atomic E-state index is -0.721. The fourth-order valence-corrected chi connectivity index (χ4v) is 2.45. The van der Waals surface area contributed by atoms with Crippen LogP contribution in [0.3, 0.4) is 0 Å². The van der Waals surface area contributed by atoms with Crippen LogP contribution in [0.5, 0.6) is 0 Å². The lowest BCUT2D eigenvalue weighted by Gasteiger charge is -2.33. The number of carbonyl (C=O) groups excluding carboxylic acids is 2. The van der Waals surface area contributed by atoms with E-state index >= 15 is 0 Å². The number of halogens is 1. The van der Waals surface area contributed by atoms with Gasteiger partial charge in [0.05, 0.1) is 6.04 Å². The van der Waals surface area contributed by atoms with Crippen LogP contribution in [0.2, 0.25) is 5.02 Å². The SMILES string of the molecule is C=C1NC(=O)N[C@@H](c2cccc(Cl)c2)[C@H]1C(=O)OC/C=C/C. The molecule has 0 radical (unpaired) electrons. The molecule has 1 aliphatic heterocycles. The van der Waals surface area contributed by atoms with Crippen molar-refractivity contribution in [2.75, 3.05) is 6.61 Å². The Balaban J connectivity index is 2.27. The van der Waals surface area contributed by atoms with Crippen LogP contribution >= 0.6 is 11.6 Å². The molecule has 1 saturated heterocycles. The first-order valence-electron chi connectivity index (χ1n) is 6.82. The van der Waals surface area contributed by atoms with Crippen molar-refractivity contribution in [3.8, 4) is 0 Å². The molecule has 2 atom stereocenters. The molecule has 22 heavy (non-hydrogen) atoms. The molecule has 1 heterocycles. The van der Waals surface area contributed by atoms with Crippen molar-refractivity contribution in [2.24, 2.45) is 5.92 Å². The summed E-state index contributed by atoms with van der Waals surface area (Å²) in [5, 5.41) is 5.77. The van der Waals surface area contributed by atoms with Gasteiger partial charge in [-0.05, 0) is 24.6 Å². The fraction of sp³-hybridized carbons (Fsp3) is 0.250. The molecule has 0 spiro atoms. The smallest absolute Gasteiger partial charge is 0.319 e. The number of benzene rings is 1. The first-order valence-corrected chi connectivity index (χ1v) is 7.20. The lowest BCUT2D eigenvalue weighted by molar-refractivity contribution is -0.147. The number of hydrogen-bond donors (Lipinski definition) is 2. The van der Waals surface area contributed by atoms with Crippen LogP contribution in [-0.4, -0.2) is 18.6 Å². The predicted octanol–water partition coefficient (Wildman–Crippen LogP) is 2.94. The molecule has 6 heteroatoms. The van der Waals surface area contributed by atoms with Crippen molar-refractivity contribution in [2.45, 2.75) is 13.0 Å². The molecular weight excluding hydrogens is 304 g/mol. The predicted molar refractivity (Wildman–Crippen MR) is 84.3 cm³/mol. The highest BCUT2D eigenvalue weighted by molar-refractivity contribution is 6.30. The van der Waals surface area contributed by atoms with E-state index in [1.807, 2.05) is 6.92 Å². The Bertz CT molecular complexity index is 628. The van der Waals surface area contributed by atoms with Crippen LogP contribution in [0.15, 0.2) is 48.7 Å². The lowest BCUT2D eigenvalue weighted by atomic mass is 9.89. The summed E-state index contributed by atoms with van der Waals surface area (Å²) in [7, 11) is 0. The van der Waals surface area contributed by atoms with Crippen molar-refractivity contribution in [1.82, 2.24) is 10.6 Å². The van der Waals surface area contributed by atoms with Gasteiger partial charge in [0.15, 0.2) is 0 Å². The van der Waals surface area contributed by atoms with Crippen molar-refractivity contribution in [1.29, 1.82) is 0 Å². The minimum absolute atomic E-state index is 0.176. The summed E-state index contributed by atoms with van der Waals surface area (Å²) in [6.07, 6.45) is 3.52. The summed E-state index contributed by atoms with van der Waals surface area (Å²) >= 11 is 5.99. The van der Waals surface area contributed by atoms with Gasteiger partial charge in [-0.2, -0.15) is 0 Å². The van der Waals surface area contributed by atoms with Crippen molar-refractivity contribution >= 4 is 23.6 Å². The van der Waals surface area contributed by atoms with Gasteiger partial charge in [0.2, 0.25) is 0 Å². The minimum Gasteiger partial charge on any atom is -0.461 e. The largest absolute Gasteiger partial charge is 0.461 e. The van der Waals surface area contributed by atoms with Crippen molar-refractivity contribution in [3.63, 3.8) is 0 Å². The van der Waals surface area contributed by atoms with Crippen LogP contribution in [-0.2, 0) is 9.53 Å². The van der Waals surface area contributed by atoms with E-state index in [9.17, 15) is 9.59 Å². The van der Waals surface area contributed by atoms with E-state index in [0.29, 0.717) is 10.7 Å². The molecular formula is C16H17ClN2O3. The Morgan fingerprint density at radius 2 is 2.27 bits per heavy atom. The third-order valence-electron chi connectivity index (χ3n) is 3.29. The molecule has 1 aromatic carbocycles. The summed E-state index contributed by atoms with van der Waals surface area (Å²) in [5.41, 5.74) is 1.02. The standard InChI is InChI=1S/C16H17ClN2O3/c1-3-4-8-22-15(20)13-10(2)18-16(21)19-14(13)11-6-5-7-12(17)9-11/h3-7,9,13-14H,2,8H2,1H3,(H2,18,19,21)/b4-3+/t13-,14-/m0/s1. The fourth-order valence-electron chi connectivity index (χ4n) is 2.26. The lowest BCUT2D eigenvalue weighted by Crippen LogP contribution is -2.51. The number of nitrogens with one attached hydrogen (secondary N) is 2. The van der Waals surface area contributed by atoms with E-state index in [1.54, 1.807) is 36.4 Å². The van der Waals surface area contributed by atoms with Crippen LogP contribution < -0.4 is 10.6 Å². The summed E-state index contributed by atoms with van der Waals surface area (Å²) in [4.78, 5) is 24.0. The van der Waals surface area contributed by atoms with Crippen LogP contribution in [0.1, 0.15) is 18.5 Å². The van der Waals surface area contributed by atoms with Gasteiger partial charge < -0.3 is 15.4 Å². The number of carbonyl (C=O) groups is 2. The van der Waals surface area contributed by atoms with E-state index < -0.39 is 24.0 Å².